The minimum atomic E-state index is -3.59. The van der Waals surface area contributed by atoms with Gasteiger partial charge >= 0.3 is 0 Å². The Balaban J connectivity index is 2.15. The molecule has 0 saturated heterocycles. The maximum absolute atomic E-state index is 11.8. The van der Waals surface area contributed by atoms with Crippen molar-refractivity contribution in [2.24, 2.45) is 7.05 Å². The summed E-state index contributed by atoms with van der Waals surface area (Å²) in [6.07, 6.45) is 4.39. The summed E-state index contributed by atoms with van der Waals surface area (Å²) >= 11 is 0. The number of anilines is 1. The van der Waals surface area contributed by atoms with Crippen LogP contribution in [0.3, 0.4) is 0 Å². The highest BCUT2D eigenvalue weighted by atomic mass is 32.2. The Morgan fingerprint density at radius 3 is 2.55 bits per heavy atom. The highest BCUT2D eigenvalue weighted by Gasteiger charge is 2.26. The van der Waals surface area contributed by atoms with Gasteiger partial charge in [-0.15, -0.1) is 0 Å². The van der Waals surface area contributed by atoms with Gasteiger partial charge in [-0.1, -0.05) is 18.2 Å². The Morgan fingerprint density at radius 1 is 1.24 bits per heavy atom. The second-order valence-electron chi connectivity index (χ2n) is 6.42. The Labute approximate surface area is 168 Å². The third kappa shape index (κ3) is 4.21. The van der Waals surface area contributed by atoms with E-state index in [1.807, 2.05) is 25.2 Å². The van der Waals surface area contributed by atoms with E-state index < -0.39 is 20.8 Å². The molecular formula is C19H20N4O5S. The third-order valence-corrected chi connectivity index (χ3v) is 5.57. The normalized spacial score (nSPS) is 12.4. The van der Waals surface area contributed by atoms with E-state index in [1.165, 1.54) is 19.2 Å². The van der Waals surface area contributed by atoms with Gasteiger partial charge in [0.05, 0.1) is 16.9 Å². The fourth-order valence-electron chi connectivity index (χ4n) is 3.01. The molecule has 1 heterocycles. The van der Waals surface area contributed by atoms with Crippen LogP contribution < -0.4 is 10.1 Å². The maximum atomic E-state index is 11.8. The fourth-order valence-corrected chi connectivity index (χ4v) is 3.65. The number of sulfone groups is 1. The summed E-state index contributed by atoms with van der Waals surface area (Å²) in [7, 11) is -0.233. The highest BCUT2D eigenvalue weighted by Crippen LogP contribution is 2.35. The summed E-state index contributed by atoms with van der Waals surface area (Å²) in [6.45, 7) is 0. The molecule has 0 amide bonds. The molecule has 3 aromatic rings. The van der Waals surface area contributed by atoms with Crippen LogP contribution in [0.2, 0.25) is 0 Å². The van der Waals surface area contributed by atoms with E-state index in [0.29, 0.717) is 11.6 Å². The van der Waals surface area contributed by atoms with Crippen molar-refractivity contribution in [3.8, 4) is 5.75 Å². The summed E-state index contributed by atoms with van der Waals surface area (Å²) in [5.74, 6) is 1.19. The van der Waals surface area contributed by atoms with Crippen LogP contribution >= 0.6 is 0 Å². The van der Waals surface area contributed by atoms with Gasteiger partial charge in [0.25, 0.3) is 5.69 Å². The molecular weight excluding hydrogens is 396 g/mol. The lowest BCUT2D eigenvalue weighted by Gasteiger charge is -2.22. The molecule has 0 radical (unpaired) electrons. The van der Waals surface area contributed by atoms with Crippen LogP contribution in [0.15, 0.2) is 59.8 Å². The van der Waals surface area contributed by atoms with Gasteiger partial charge in [-0.25, -0.2) is 13.4 Å². The van der Waals surface area contributed by atoms with Crippen molar-refractivity contribution in [3.05, 3.63) is 76.4 Å². The van der Waals surface area contributed by atoms with E-state index in [4.69, 9.17) is 4.74 Å². The summed E-state index contributed by atoms with van der Waals surface area (Å²) in [6, 6.07) is 10.5. The lowest BCUT2D eigenvalue weighted by atomic mass is 10.0. The van der Waals surface area contributed by atoms with Gasteiger partial charge in [-0.2, -0.15) is 0 Å². The monoisotopic (exact) mass is 416 g/mol. The summed E-state index contributed by atoms with van der Waals surface area (Å²) in [4.78, 5) is 15.3. The molecule has 0 bridgehead atoms. The first-order valence-electron chi connectivity index (χ1n) is 8.57. The number of hydrogen-bond donors (Lipinski definition) is 1. The number of para-hydroxylation sites is 1. The van der Waals surface area contributed by atoms with Gasteiger partial charge in [0.15, 0.2) is 9.84 Å². The molecule has 0 unspecified atom stereocenters. The fraction of sp³-hybridized carbons (Fsp3) is 0.211. The number of nitro benzene ring substituents is 1. The Hall–Kier alpha value is -3.40. The predicted octanol–water partition coefficient (Wildman–Crippen LogP) is 2.94. The average molecular weight is 416 g/mol. The number of aryl methyl sites for hydroxylation is 1. The Bertz CT molecular complexity index is 1160. The number of rotatable bonds is 7. The number of ether oxygens (including phenoxy) is 1. The molecule has 0 saturated carbocycles. The summed E-state index contributed by atoms with van der Waals surface area (Å²) < 4.78 is 30.9. The van der Waals surface area contributed by atoms with E-state index in [2.05, 4.69) is 10.3 Å². The lowest BCUT2D eigenvalue weighted by molar-refractivity contribution is -0.384. The van der Waals surface area contributed by atoms with Crippen LogP contribution in [0, 0.1) is 10.1 Å². The van der Waals surface area contributed by atoms with Crippen LogP contribution in [0.4, 0.5) is 11.4 Å². The van der Waals surface area contributed by atoms with Gasteiger partial charge in [0.2, 0.25) is 0 Å². The molecule has 29 heavy (non-hydrogen) atoms. The number of methoxy groups -OCH3 is 1. The second kappa shape index (κ2) is 7.92. The summed E-state index contributed by atoms with van der Waals surface area (Å²) in [5.41, 5.74) is 0.550. The van der Waals surface area contributed by atoms with Crippen molar-refractivity contribution in [2.75, 3.05) is 18.7 Å². The highest BCUT2D eigenvalue weighted by molar-refractivity contribution is 7.90. The molecule has 10 heteroatoms. The molecule has 0 aliphatic rings. The van der Waals surface area contributed by atoms with Gasteiger partial charge in [0, 0.05) is 37.3 Å². The van der Waals surface area contributed by atoms with Gasteiger partial charge in [0.1, 0.15) is 23.3 Å². The zero-order chi connectivity index (χ0) is 21.2. The molecule has 3 rings (SSSR count). The van der Waals surface area contributed by atoms with Crippen molar-refractivity contribution in [2.45, 2.75) is 10.9 Å². The number of benzene rings is 2. The van der Waals surface area contributed by atoms with Crippen molar-refractivity contribution in [1.29, 1.82) is 0 Å². The molecule has 0 spiro atoms. The van der Waals surface area contributed by atoms with Crippen molar-refractivity contribution in [3.63, 3.8) is 0 Å². The molecule has 0 aliphatic heterocycles. The predicted molar refractivity (Wildman–Crippen MR) is 108 cm³/mol. The van der Waals surface area contributed by atoms with Crippen molar-refractivity contribution in [1.82, 2.24) is 9.55 Å². The minimum Gasteiger partial charge on any atom is -0.496 e. The molecule has 0 aliphatic carbocycles. The maximum Gasteiger partial charge on any atom is 0.293 e. The average Bonchev–Trinajstić information content (AvgIpc) is 3.10. The SMILES string of the molecule is COc1ccccc1[C@H](Nc1ccc(S(C)(=O)=O)cc1[N+](=O)[O-])c1nccn1C. The molecule has 2 aromatic carbocycles. The van der Waals surface area contributed by atoms with Crippen LogP contribution in [-0.2, 0) is 16.9 Å². The van der Waals surface area contributed by atoms with Gasteiger partial charge < -0.3 is 14.6 Å². The van der Waals surface area contributed by atoms with E-state index in [1.54, 1.807) is 23.0 Å². The number of imidazole rings is 1. The molecule has 152 valence electrons. The molecule has 1 N–H and O–H groups in total. The third-order valence-electron chi connectivity index (χ3n) is 4.46. The zero-order valence-corrected chi connectivity index (χ0v) is 16.9. The molecule has 0 fully saturated rings. The Morgan fingerprint density at radius 2 is 1.97 bits per heavy atom. The van der Waals surface area contributed by atoms with Crippen LogP contribution in [0.25, 0.3) is 0 Å². The first-order chi connectivity index (χ1) is 13.7. The largest absolute Gasteiger partial charge is 0.496 e. The zero-order valence-electron chi connectivity index (χ0n) is 16.1. The standard InChI is InChI=1S/C19H20N4O5S/c1-22-11-10-20-19(22)18(14-6-4-5-7-17(14)28-2)21-15-9-8-13(29(3,26)27)12-16(15)23(24)25/h4-12,18,21H,1-3H3/t18-/m0/s1. The summed E-state index contributed by atoms with van der Waals surface area (Å²) in [5, 5.41) is 14.8. The number of nitrogens with zero attached hydrogens (tertiary/aromatic N) is 3. The van der Waals surface area contributed by atoms with E-state index in [9.17, 15) is 18.5 Å². The first-order valence-corrected chi connectivity index (χ1v) is 10.5. The number of nitrogens with one attached hydrogen (secondary N) is 1. The molecule has 9 nitrogen and oxygen atoms in total. The number of hydrogen-bond acceptors (Lipinski definition) is 7. The van der Waals surface area contributed by atoms with Gasteiger partial charge in [-0.05, 0) is 18.2 Å². The second-order valence-corrected chi connectivity index (χ2v) is 8.44. The Kier molecular flexibility index (Phi) is 5.55. The van der Waals surface area contributed by atoms with E-state index >= 15 is 0 Å². The van der Waals surface area contributed by atoms with Crippen molar-refractivity contribution < 1.29 is 18.1 Å². The van der Waals surface area contributed by atoms with Crippen molar-refractivity contribution >= 4 is 21.2 Å². The number of aromatic nitrogens is 2. The first kappa shape index (κ1) is 20.3. The van der Waals surface area contributed by atoms with E-state index in [0.717, 1.165) is 17.9 Å². The number of nitro groups is 1. The van der Waals surface area contributed by atoms with E-state index in [-0.39, 0.29) is 16.3 Å². The topological polar surface area (TPSA) is 116 Å². The van der Waals surface area contributed by atoms with Crippen LogP contribution in [-0.4, -0.2) is 36.3 Å². The van der Waals surface area contributed by atoms with Crippen LogP contribution in [0.1, 0.15) is 17.4 Å². The molecule has 1 atom stereocenters. The molecule has 1 aromatic heterocycles. The van der Waals surface area contributed by atoms with Gasteiger partial charge in [-0.3, -0.25) is 10.1 Å². The smallest absolute Gasteiger partial charge is 0.293 e. The minimum absolute atomic E-state index is 0.124. The lowest BCUT2D eigenvalue weighted by Crippen LogP contribution is -2.18. The van der Waals surface area contributed by atoms with Crippen LogP contribution in [0.5, 0.6) is 5.75 Å². The quantitative estimate of drug-likeness (QED) is 0.465.